The molecule has 1 N–H and O–H groups in total. The molecule has 1 heterocycles. The average molecular weight is 278 g/mol. The number of carboxylic acids is 1. The van der Waals surface area contributed by atoms with E-state index >= 15 is 0 Å². The van der Waals surface area contributed by atoms with E-state index in [4.69, 9.17) is 9.84 Å². The van der Waals surface area contributed by atoms with Gasteiger partial charge in [0.05, 0.1) is 6.61 Å². The molecule has 0 fully saturated rings. The number of nitrogens with zero attached hydrogens (tertiary/aromatic N) is 2. The number of alkyl halides is 3. The van der Waals surface area contributed by atoms with Gasteiger partial charge < -0.3 is 14.7 Å². The van der Waals surface area contributed by atoms with Crippen LogP contribution in [0.15, 0.2) is 18.2 Å². The maximum absolute atomic E-state index is 12.5. The number of hydrogen-bond donors (Lipinski definition) is 1. The van der Waals surface area contributed by atoms with E-state index in [-0.39, 0.29) is 19.0 Å². The Labute approximate surface area is 107 Å². The molecule has 1 aromatic rings. The zero-order chi connectivity index (χ0) is 14.5. The first-order valence-electron chi connectivity index (χ1n) is 5.34. The Hall–Kier alpha value is -1.83. The second kappa shape index (κ2) is 6.37. The molecule has 0 bridgehead atoms. The van der Waals surface area contributed by atoms with Crippen LogP contribution in [-0.4, -0.2) is 42.9 Å². The highest BCUT2D eigenvalue weighted by Crippen LogP contribution is 2.28. The SMILES string of the molecule is COCCN(CC(=O)O)c1cccc(C(F)(F)F)n1. The van der Waals surface area contributed by atoms with E-state index in [2.05, 4.69) is 4.98 Å². The topological polar surface area (TPSA) is 62.7 Å². The van der Waals surface area contributed by atoms with Crippen molar-refractivity contribution in [1.29, 1.82) is 0 Å². The second-order valence-corrected chi connectivity index (χ2v) is 3.69. The van der Waals surface area contributed by atoms with E-state index in [9.17, 15) is 18.0 Å². The number of rotatable bonds is 6. The van der Waals surface area contributed by atoms with Gasteiger partial charge in [-0.15, -0.1) is 0 Å². The van der Waals surface area contributed by atoms with Crippen molar-refractivity contribution in [2.45, 2.75) is 6.18 Å². The fourth-order valence-corrected chi connectivity index (χ4v) is 1.40. The monoisotopic (exact) mass is 278 g/mol. The molecule has 0 aliphatic heterocycles. The molecule has 0 radical (unpaired) electrons. The molecule has 5 nitrogen and oxygen atoms in total. The largest absolute Gasteiger partial charge is 0.480 e. The maximum atomic E-state index is 12.5. The fourth-order valence-electron chi connectivity index (χ4n) is 1.40. The first-order chi connectivity index (χ1) is 8.84. The standard InChI is InChI=1S/C11H13F3N2O3/c1-19-6-5-16(7-10(17)18)9-4-2-3-8(15-9)11(12,13)14/h2-4H,5-7H2,1H3,(H,17,18). The number of methoxy groups -OCH3 is 1. The third-order valence-electron chi connectivity index (χ3n) is 2.24. The predicted octanol–water partition coefficient (Wildman–Crippen LogP) is 1.64. The van der Waals surface area contributed by atoms with Crippen molar-refractivity contribution < 1.29 is 27.8 Å². The van der Waals surface area contributed by atoms with E-state index in [0.717, 1.165) is 6.07 Å². The zero-order valence-electron chi connectivity index (χ0n) is 10.1. The van der Waals surface area contributed by atoms with Crippen molar-refractivity contribution in [3.05, 3.63) is 23.9 Å². The van der Waals surface area contributed by atoms with Crippen LogP contribution in [0.1, 0.15) is 5.69 Å². The highest BCUT2D eigenvalue weighted by molar-refractivity contribution is 5.73. The van der Waals surface area contributed by atoms with Crippen molar-refractivity contribution in [1.82, 2.24) is 4.98 Å². The minimum Gasteiger partial charge on any atom is -0.480 e. The Morgan fingerprint density at radius 2 is 2.16 bits per heavy atom. The van der Waals surface area contributed by atoms with E-state index in [1.807, 2.05) is 0 Å². The minimum atomic E-state index is -4.56. The van der Waals surface area contributed by atoms with Crippen LogP contribution in [-0.2, 0) is 15.7 Å². The molecule has 1 aromatic heterocycles. The van der Waals surface area contributed by atoms with Crippen LogP contribution in [0.4, 0.5) is 19.0 Å². The van der Waals surface area contributed by atoms with Crippen LogP contribution in [0.3, 0.4) is 0 Å². The molecule has 0 saturated heterocycles. The van der Waals surface area contributed by atoms with Gasteiger partial charge in [-0.3, -0.25) is 4.79 Å². The highest BCUT2D eigenvalue weighted by atomic mass is 19.4. The summed E-state index contributed by atoms with van der Waals surface area (Å²) in [5, 5.41) is 8.74. The summed E-state index contributed by atoms with van der Waals surface area (Å²) in [6.07, 6.45) is -4.56. The van der Waals surface area contributed by atoms with Gasteiger partial charge in [-0.25, -0.2) is 4.98 Å². The maximum Gasteiger partial charge on any atom is 0.433 e. The molecule has 8 heteroatoms. The van der Waals surface area contributed by atoms with Crippen LogP contribution in [0.5, 0.6) is 0 Å². The fraction of sp³-hybridized carbons (Fsp3) is 0.455. The van der Waals surface area contributed by atoms with Crippen molar-refractivity contribution in [2.75, 3.05) is 31.7 Å². The number of halogens is 3. The summed E-state index contributed by atoms with van der Waals surface area (Å²) in [5.74, 6) is -1.20. The molecule has 0 spiro atoms. The molecule has 106 valence electrons. The smallest absolute Gasteiger partial charge is 0.433 e. The lowest BCUT2D eigenvalue weighted by Crippen LogP contribution is -2.33. The summed E-state index contributed by atoms with van der Waals surface area (Å²) in [6, 6.07) is 3.35. The van der Waals surface area contributed by atoms with Crippen LogP contribution in [0.25, 0.3) is 0 Å². The van der Waals surface area contributed by atoms with Crippen molar-refractivity contribution in [3.8, 4) is 0 Å². The number of anilines is 1. The van der Waals surface area contributed by atoms with Gasteiger partial charge in [0.2, 0.25) is 0 Å². The average Bonchev–Trinajstić information content (AvgIpc) is 2.33. The molecular weight excluding hydrogens is 265 g/mol. The zero-order valence-corrected chi connectivity index (χ0v) is 10.1. The summed E-state index contributed by atoms with van der Waals surface area (Å²) in [4.78, 5) is 15.3. The summed E-state index contributed by atoms with van der Waals surface area (Å²) in [6.45, 7) is -0.125. The van der Waals surface area contributed by atoms with Crippen molar-refractivity contribution in [2.24, 2.45) is 0 Å². The van der Waals surface area contributed by atoms with Gasteiger partial charge in [-0.2, -0.15) is 13.2 Å². The number of carboxylic acid groups (broad SMARTS) is 1. The van der Waals surface area contributed by atoms with Gasteiger partial charge in [0.25, 0.3) is 0 Å². The predicted molar refractivity (Wildman–Crippen MR) is 61.0 cm³/mol. The third kappa shape index (κ3) is 4.74. The van der Waals surface area contributed by atoms with Crippen LogP contribution >= 0.6 is 0 Å². The van der Waals surface area contributed by atoms with Crippen molar-refractivity contribution >= 4 is 11.8 Å². The summed E-state index contributed by atoms with van der Waals surface area (Å²) >= 11 is 0. The highest BCUT2D eigenvalue weighted by Gasteiger charge is 2.32. The van der Waals surface area contributed by atoms with Gasteiger partial charge >= 0.3 is 12.1 Å². The molecule has 1 rings (SSSR count). The number of aromatic nitrogens is 1. The lowest BCUT2D eigenvalue weighted by atomic mass is 10.3. The van der Waals surface area contributed by atoms with Crippen LogP contribution in [0, 0.1) is 0 Å². The summed E-state index contributed by atoms with van der Waals surface area (Å²) in [5.41, 5.74) is -1.06. The van der Waals surface area contributed by atoms with Gasteiger partial charge in [0.1, 0.15) is 18.1 Å². The van der Waals surface area contributed by atoms with E-state index < -0.39 is 24.4 Å². The van der Waals surface area contributed by atoms with Crippen LogP contribution in [0.2, 0.25) is 0 Å². The first-order valence-corrected chi connectivity index (χ1v) is 5.34. The number of carbonyl (C=O) groups is 1. The lowest BCUT2D eigenvalue weighted by Gasteiger charge is -2.22. The molecule has 0 amide bonds. The number of aliphatic carboxylic acids is 1. The normalized spacial score (nSPS) is 11.4. The van der Waals surface area contributed by atoms with E-state index in [1.54, 1.807) is 0 Å². The third-order valence-corrected chi connectivity index (χ3v) is 2.24. The number of pyridine rings is 1. The second-order valence-electron chi connectivity index (χ2n) is 3.69. The lowest BCUT2D eigenvalue weighted by molar-refractivity contribution is -0.141. The minimum absolute atomic E-state index is 0.0470. The molecule has 19 heavy (non-hydrogen) atoms. The molecular formula is C11H13F3N2O3. The van der Waals surface area contributed by atoms with Crippen LogP contribution < -0.4 is 4.90 Å². The van der Waals surface area contributed by atoms with Crippen molar-refractivity contribution in [3.63, 3.8) is 0 Å². The van der Waals surface area contributed by atoms with E-state index in [1.165, 1.54) is 24.1 Å². The van der Waals surface area contributed by atoms with Gasteiger partial charge in [-0.05, 0) is 12.1 Å². The Kier molecular flexibility index (Phi) is 5.11. The quantitative estimate of drug-likeness (QED) is 0.857. The molecule has 0 aliphatic rings. The molecule has 0 aliphatic carbocycles. The van der Waals surface area contributed by atoms with Gasteiger partial charge in [0, 0.05) is 13.7 Å². The van der Waals surface area contributed by atoms with Gasteiger partial charge in [-0.1, -0.05) is 6.07 Å². The van der Waals surface area contributed by atoms with E-state index in [0.29, 0.717) is 0 Å². The summed E-state index contributed by atoms with van der Waals surface area (Å²) in [7, 11) is 1.42. The first kappa shape index (κ1) is 15.2. The molecule has 0 aromatic carbocycles. The molecule has 0 unspecified atom stereocenters. The Balaban J connectivity index is 2.97. The molecule has 0 atom stereocenters. The number of ether oxygens (including phenoxy) is 1. The molecule has 0 saturated carbocycles. The number of hydrogen-bond acceptors (Lipinski definition) is 4. The Bertz CT molecular complexity index is 437. The summed E-state index contributed by atoms with van der Waals surface area (Å²) < 4.78 is 42.4. The van der Waals surface area contributed by atoms with Gasteiger partial charge in [0.15, 0.2) is 0 Å². The Morgan fingerprint density at radius 1 is 1.47 bits per heavy atom. The Morgan fingerprint density at radius 3 is 2.68 bits per heavy atom.